The highest BCUT2D eigenvalue weighted by Gasteiger charge is 2.62. The Hall–Kier alpha value is -1.54. The molecular weight excluding hydrogens is 554 g/mol. The highest BCUT2D eigenvalue weighted by atomic mass is 16.5. The summed E-state index contributed by atoms with van der Waals surface area (Å²) >= 11 is 0. The van der Waals surface area contributed by atoms with Gasteiger partial charge < -0.3 is 19.9 Å². The van der Waals surface area contributed by atoms with Gasteiger partial charge in [-0.05, 0) is 154 Å². The Labute approximate surface area is 266 Å². The maximum Gasteiger partial charge on any atom is 0.0611 e. The number of unbranched alkanes of at least 4 members (excludes halogenated alkanes) is 2. The first-order chi connectivity index (χ1) is 21.4. The quantitative estimate of drug-likeness (QED) is 0.0650. The van der Waals surface area contributed by atoms with E-state index in [-0.39, 0.29) is 18.2 Å². The molecule has 10 atom stereocenters. The molecule has 4 aliphatic carbocycles. The third-order valence-electron chi connectivity index (χ3n) is 12.7. The zero-order valence-corrected chi connectivity index (χ0v) is 27.9. The Morgan fingerprint density at radius 2 is 1.66 bits per heavy atom. The number of aliphatic hydroxyl groups excluding tert-OH is 1. The first-order valence-electron chi connectivity index (χ1n) is 18.0. The van der Waals surface area contributed by atoms with E-state index in [1.54, 1.807) is 0 Å². The number of ether oxygens (including phenoxy) is 2. The van der Waals surface area contributed by atoms with Crippen LogP contribution in [0.5, 0.6) is 0 Å². The van der Waals surface area contributed by atoms with Gasteiger partial charge in [-0.3, -0.25) is 0 Å². The average molecular weight is 616 g/mol. The van der Waals surface area contributed by atoms with Crippen molar-refractivity contribution in [1.29, 1.82) is 0 Å². The highest BCUT2D eigenvalue weighted by molar-refractivity contribution is 5.11. The molecule has 6 unspecified atom stereocenters. The molecule has 4 rings (SSSR count). The molecule has 0 aromatic rings. The van der Waals surface area contributed by atoms with E-state index in [9.17, 15) is 0 Å². The lowest BCUT2D eigenvalue weighted by Gasteiger charge is -2.63. The third kappa shape index (κ3) is 8.63. The molecule has 4 aliphatic rings. The second kappa shape index (κ2) is 17.4. The molecule has 4 fully saturated rings. The zero-order valence-electron chi connectivity index (χ0n) is 27.9. The number of nitrogens with one attached hydrogen (secondary N) is 1. The Morgan fingerprint density at radius 1 is 0.886 bits per heavy atom. The van der Waals surface area contributed by atoms with Crippen LogP contribution in [0, 0.1) is 40.4 Å². The molecule has 0 saturated heterocycles. The molecule has 0 spiro atoms. The molecular formula is C34H61N7O3. The fraction of sp³-hybridized carbons (Fsp3) is 1.00. The lowest BCUT2D eigenvalue weighted by Crippen LogP contribution is -2.59. The minimum absolute atomic E-state index is 0.0425. The van der Waals surface area contributed by atoms with Crippen molar-refractivity contribution < 1.29 is 14.6 Å². The summed E-state index contributed by atoms with van der Waals surface area (Å²) in [7, 11) is 0. The maximum absolute atomic E-state index is 8.98. The SMILES string of the molecule is C[C@@H](CCO[C@@H]1CC2C[C@H](OCCCN=[N+]=[N-])CCC2(C)C2CCC3(C)C(CCCCNCCCCO)CC[C@H]3C21)N=[N+]=[N-]. The van der Waals surface area contributed by atoms with Crippen LogP contribution in [0.3, 0.4) is 0 Å². The van der Waals surface area contributed by atoms with Crippen molar-refractivity contribution in [3.8, 4) is 0 Å². The summed E-state index contributed by atoms with van der Waals surface area (Å²) in [6.45, 7) is 11.4. The molecule has 10 heteroatoms. The molecule has 0 aromatic carbocycles. The van der Waals surface area contributed by atoms with Crippen molar-refractivity contribution >= 4 is 0 Å². The fourth-order valence-corrected chi connectivity index (χ4v) is 10.2. The first kappa shape index (κ1) is 35.3. The maximum atomic E-state index is 8.98. The largest absolute Gasteiger partial charge is 0.396 e. The van der Waals surface area contributed by atoms with E-state index in [2.05, 4.69) is 39.2 Å². The number of nitrogens with zero attached hydrogens (tertiary/aromatic N) is 6. The van der Waals surface area contributed by atoms with Crippen LogP contribution in [0.1, 0.15) is 117 Å². The molecule has 44 heavy (non-hydrogen) atoms. The number of hydrogen-bond donors (Lipinski definition) is 2. The second-order valence-electron chi connectivity index (χ2n) is 15.1. The monoisotopic (exact) mass is 615 g/mol. The van der Waals surface area contributed by atoms with Crippen LogP contribution >= 0.6 is 0 Å². The van der Waals surface area contributed by atoms with Gasteiger partial charge in [0.15, 0.2) is 0 Å². The topological polar surface area (TPSA) is 148 Å². The van der Waals surface area contributed by atoms with E-state index in [4.69, 9.17) is 25.6 Å². The van der Waals surface area contributed by atoms with E-state index in [1.165, 1.54) is 51.4 Å². The fourth-order valence-electron chi connectivity index (χ4n) is 10.2. The molecule has 0 aromatic heterocycles. The minimum Gasteiger partial charge on any atom is -0.396 e. The normalized spacial score (nSPS) is 36.8. The molecule has 0 heterocycles. The average Bonchev–Trinajstić information content (AvgIpc) is 3.35. The smallest absolute Gasteiger partial charge is 0.0611 e. The minimum atomic E-state index is -0.0425. The van der Waals surface area contributed by atoms with Gasteiger partial charge in [-0.15, -0.1) is 0 Å². The van der Waals surface area contributed by atoms with E-state index in [0.29, 0.717) is 54.9 Å². The van der Waals surface area contributed by atoms with Crippen molar-refractivity contribution in [2.75, 3.05) is 39.5 Å². The zero-order chi connectivity index (χ0) is 31.4. The van der Waals surface area contributed by atoms with E-state index < -0.39 is 0 Å². The summed E-state index contributed by atoms with van der Waals surface area (Å²) in [5, 5.41) is 20.1. The van der Waals surface area contributed by atoms with E-state index in [1.807, 2.05) is 6.92 Å². The van der Waals surface area contributed by atoms with Crippen molar-refractivity contribution in [1.82, 2.24) is 5.32 Å². The summed E-state index contributed by atoms with van der Waals surface area (Å²) in [6, 6.07) is -0.0425. The van der Waals surface area contributed by atoms with Crippen molar-refractivity contribution in [2.24, 2.45) is 50.6 Å². The van der Waals surface area contributed by atoms with Crippen LogP contribution in [0.15, 0.2) is 10.2 Å². The molecule has 10 nitrogen and oxygen atoms in total. The lowest BCUT2D eigenvalue weighted by molar-refractivity contribution is -0.190. The third-order valence-corrected chi connectivity index (χ3v) is 12.7. The van der Waals surface area contributed by atoms with E-state index in [0.717, 1.165) is 69.9 Å². The van der Waals surface area contributed by atoms with Crippen molar-refractivity contribution in [2.45, 2.75) is 135 Å². The van der Waals surface area contributed by atoms with Gasteiger partial charge in [-0.1, -0.05) is 37.4 Å². The first-order valence-corrected chi connectivity index (χ1v) is 18.0. The van der Waals surface area contributed by atoms with Crippen molar-refractivity contribution in [3.05, 3.63) is 20.9 Å². The number of fused-ring (bicyclic) bond motifs is 5. The summed E-state index contributed by atoms with van der Waals surface area (Å²) in [5.41, 5.74) is 18.2. The number of rotatable bonds is 19. The van der Waals surface area contributed by atoms with Gasteiger partial charge in [-0.2, -0.15) is 0 Å². The highest BCUT2D eigenvalue weighted by Crippen LogP contribution is 2.68. The Kier molecular flexibility index (Phi) is 14.0. The van der Waals surface area contributed by atoms with Crippen LogP contribution in [0.4, 0.5) is 0 Å². The van der Waals surface area contributed by atoms with Gasteiger partial charge in [0.05, 0.1) is 12.2 Å². The Balaban J connectivity index is 1.40. The Morgan fingerprint density at radius 3 is 2.43 bits per heavy atom. The van der Waals surface area contributed by atoms with E-state index >= 15 is 0 Å². The predicted octanol–water partition coefficient (Wildman–Crippen LogP) is 8.35. The van der Waals surface area contributed by atoms with Crippen molar-refractivity contribution in [3.63, 3.8) is 0 Å². The van der Waals surface area contributed by atoms with Crippen LogP contribution in [-0.2, 0) is 9.47 Å². The number of azide groups is 2. The van der Waals surface area contributed by atoms with Gasteiger partial charge in [0, 0.05) is 42.2 Å². The summed E-state index contributed by atoms with van der Waals surface area (Å²) < 4.78 is 13.2. The van der Waals surface area contributed by atoms with Gasteiger partial charge in [0.1, 0.15) is 0 Å². The Bertz CT molecular complexity index is 973. The number of hydrogen-bond acceptors (Lipinski definition) is 6. The summed E-state index contributed by atoms with van der Waals surface area (Å²) in [4.78, 5) is 5.88. The summed E-state index contributed by atoms with van der Waals surface area (Å²) in [6.07, 6.45) is 17.9. The van der Waals surface area contributed by atoms with Crippen LogP contribution in [-0.4, -0.2) is 62.8 Å². The molecule has 250 valence electrons. The van der Waals surface area contributed by atoms with Gasteiger partial charge in [0.25, 0.3) is 0 Å². The standard InChI is InChI=1S/C34H61N7O3/c1-25(39-41-36)14-22-44-31-24-27-23-28(43-21-8-19-38-40-35)12-15-34(27,3)30-13-16-33(2)26(10-11-29(33)32(30)31)9-4-5-17-37-18-6-7-20-42/h25-32,37,42H,4-24H2,1-3H3/t25-,26?,27?,28+,29-,30?,31+,32?,33?,34?/m0/s1. The van der Waals surface area contributed by atoms with Crippen LogP contribution in [0.25, 0.3) is 20.9 Å². The number of aliphatic hydroxyl groups is 1. The molecule has 0 amide bonds. The molecule has 2 N–H and O–H groups in total. The van der Waals surface area contributed by atoms with Gasteiger partial charge in [-0.25, -0.2) is 0 Å². The predicted molar refractivity (Wildman–Crippen MR) is 175 cm³/mol. The van der Waals surface area contributed by atoms with Crippen LogP contribution in [0.2, 0.25) is 0 Å². The van der Waals surface area contributed by atoms with Gasteiger partial charge >= 0.3 is 0 Å². The lowest BCUT2D eigenvalue weighted by atomic mass is 9.44. The molecule has 0 bridgehead atoms. The summed E-state index contributed by atoms with van der Waals surface area (Å²) in [5.74, 6) is 3.46. The molecule has 0 aliphatic heterocycles. The van der Waals surface area contributed by atoms with Crippen LogP contribution < -0.4 is 5.32 Å². The second-order valence-corrected chi connectivity index (χ2v) is 15.1. The van der Waals surface area contributed by atoms with Gasteiger partial charge in [0.2, 0.25) is 0 Å². The molecule has 4 saturated carbocycles. The molecule has 0 radical (unpaired) electrons.